The highest BCUT2D eigenvalue weighted by atomic mass is 35.5. The molecule has 94 valence electrons. The summed E-state index contributed by atoms with van der Waals surface area (Å²) in [4.78, 5) is 8.55. The van der Waals surface area contributed by atoms with Gasteiger partial charge in [0.25, 0.3) is 0 Å². The minimum absolute atomic E-state index is 0.0253. The maximum Gasteiger partial charge on any atom is 0.0835 e. The summed E-state index contributed by atoms with van der Waals surface area (Å²) in [5, 5.41) is 4.51. The van der Waals surface area contributed by atoms with E-state index in [2.05, 4.69) is 15.3 Å². The summed E-state index contributed by atoms with van der Waals surface area (Å²) in [6.07, 6.45) is 3.37. The molecule has 0 spiro atoms. The van der Waals surface area contributed by atoms with Crippen LogP contribution in [0.5, 0.6) is 0 Å². The average molecular weight is 282 g/mol. The van der Waals surface area contributed by atoms with Gasteiger partial charge < -0.3 is 5.32 Å². The quantitative estimate of drug-likeness (QED) is 0.913. The number of aromatic nitrogens is 2. The zero-order valence-electron chi connectivity index (χ0n) is 10.1. The van der Waals surface area contributed by atoms with Crippen molar-refractivity contribution in [1.82, 2.24) is 9.97 Å². The summed E-state index contributed by atoms with van der Waals surface area (Å²) >= 11 is 12.0. The summed E-state index contributed by atoms with van der Waals surface area (Å²) in [6, 6.07) is 5.39. The fourth-order valence-electron chi connectivity index (χ4n) is 1.75. The Morgan fingerprint density at radius 2 is 1.89 bits per heavy atom. The van der Waals surface area contributed by atoms with Gasteiger partial charge in [-0.05, 0) is 32.0 Å². The molecule has 0 amide bonds. The predicted octanol–water partition coefficient (Wildman–Crippen LogP) is 4.26. The highest BCUT2D eigenvalue weighted by molar-refractivity contribution is 6.36. The second-order valence-corrected chi connectivity index (χ2v) is 4.86. The van der Waals surface area contributed by atoms with Gasteiger partial charge in [-0.25, -0.2) is 0 Å². The molecule has 2 rings (SSSR count). The fraction of sp³-hybridized carbons (Fsp3) is 0.231. The van der Waals surface area contributed by atoms with E-state index >= 15 is 0 Å². The molecule has 18 heavy (non-hydrogen) atoms. The van der Waals surface area contributed by atoms with Crippen LogP contribution in [0.2, 0.25) is 10.0 Å². The van der Waals surface area contributed by atoms with Crippen molar-refractivity contribution < 1.29 is 0 Å². The van der Waals surface area contributed by atoms with Gasteiger partial charge >= 0.3 is 0 Å². The van der Waals surface area contributed by atoms with E-state index in [1.165, 1.54) is 0 Å². The van der Waals surface area contributed by atoms with Gasteiger partial charge in [-0.1, -0.05) is 23.2 Å². The van der Waals surface area contributed by atoms with Crippen molar-refractivity contribution >= 4 is 28.9 Å². The molecule has 2 aromatic rings. The van der Waals surface area contributed by atoms with Crippen molar-refractivity contribution in [1.29, 1.82) is 0 Å². The first-order valence-corrected chi connectivity index (χ1v) is 6.32. The molecule has 0 bridgehead atoms. The molecule has 0 aliphatic rings. The Morgan fingerprint density at radius 3 is 2.56 bits per heavy atom. The van der Waals surface area contributed by atoms with E-state index in [1.807, 2.05) is 19.9 Å². The van der Waals surface area contributed by atoms with Gasteiger partial charge in [0, 0.05) is 17.4 Å². The van der Waals surface area contributed by atoms with E-state index in [0.717, 1.165) is 17.1 Å². The monoisotopic (exact) mass is 281 g/mol. The second-order valence-electron chi connectivity index (χ2n) is 4.02. The van der Waals surface area contributed by atoms with E-state index in [1.54, 1.807) is 24.5 Å². The number of aryl methyl sites for hydroxylation is 1. The zero-order valence-corrected chi connectivity index (χ0v) is 11.6. The zero-order chi connectivity index (χ0) is 13.1. The average Bonchev–Trinajstić information content (AvgIpc) is 2.33. The van der Waals surface area contributed by atoms with Gasteiger partial charge in [0.1, 0.15) is 0 Å². The number of hydrogen-bond donors (Lipinski definition) is 1. The molecular weight excluding hydrogens is 269 g/mol. The van der Waals surface area contributed by atoms with Crippen LogP contribution in [0.25, 0.3) is 0 Å². The lowest BCUT2D eigenvalue weighted by molar-refractivity contribution is 0.810. The topological polar surface area (TPSA) is 37.8 Å². The SMILES string of the molecule is Cc1nccnc1C(C)Nc1ccc(Cl)cc1Cl. The predicted molar refractivity (Wildman–Crippen MR) is 75.3 cm³/mol. The van der Waals surface area contributed by atoms with E-state index < -0.39 is 0 Å². The first-order chi connectivity index (χ1) is 8.58. The Bertz CT molecular complexity index is 558. The smallest absolute Gasteiger partial charge is 0.0835 e. The van der Waals surface area contributed by atoms with Crippen LogP contribution in [0, 0.1) is 6.92 Å². The third-order valence-corrected chi connectivity index (χ3v) is 3.18. The number of rotatable bonds is 3. The van der Waals surface area contributed by atoms with Crippen molar-refractivity contribution in [2.75, 3.05) is 5.32 Å². The highest BCUT2D eigenvalue weighted by Crippen LogP contribution is 2.28. The number of halogens is 2. The Hall–Kier alpha value is -1.32. The fourth-order valence-corrected chi connectivity index (χ4v) is 2.21. The lowest BCUT2D eigenvalue weighted by Gasteiger charge is -2.17. The van der Waals surface area contributed by atoms with Gasteiger partial charge in [0.05, 0.1) is 28.1 Å². The van der Waals surface area contributed by atoms with Crippen LogP contribution in [0.15, 0.2) is 30.6 Å². The first kappa shape index (κ1) is 13.1. The summed E-state index contributed by atoms with van der Waals surface area (Å²) in [5.74, 6) is 0. The van der Waals surface area contributed by atoms with Gasteiger partial charge in [0.15, 0.2) is 0 Å². The minimum atomic E-state index is 0.0253. The molecule has 1 atom stereocenters. The third kappa shape index (κ3) is 2.92. The molecule has 0 saturated carbocycles. The van der Waals surface area contributed by atoms with E-state index in [4.69, 9.17) is 23.2 Å². The van der Waals surface area contributed by atoms with Crippen LogP contribution in [0.4, 0.5) is 5.69 Å². The molecule has 1 unspecified atom stereocenters. The number of nitrogens with one attached hydrogen (secondary N) is 1. The van der Waals surface area contributed by atoms with Crippen molar-refractivity contribution in [3.63, 3.8) is 0 Å². The lowest BCUT2D eigenvalue weighted by Crippen LogP contribution is -2.11. The molecule has 5 heteroatoms. The highest BCUT2D eigenvalue weighted by Gasteiger charge is 2.11. The van der Waals surface area contributed by atoms with Gasteiger partial charge in [-0.15, -0.1) is 0 Å². The summed E-state index contributed by atoms with van der Waals surface area (Å²) in [5.41, 5.74) is 2.64. The lowest BCUT2D eigenvalue weighted by atomic mass is 10.1. The maximum absolute atomic E-state index is 6.12. The summed E-state index contributed by atoms with van der Waals surface area (Å²) in [6.45, 7) is 3.95. The number of benzene rings is 1. The molecule has 3 nitrogen and oxygen atoms in total. The van der Waals surface area contributed by atoms with Crippen molar-refractivity contribution in [3.8, 4) is 0 Å². The molecular formula is C13H13Cl2N3. The van der Waals surface area contributed by atoms with Gasteiger partial charge in [-0.3, -0.25) is 9.97 Å². The summed E-state index contributed by atoms with van der Waals surface area (Å²) < 4.78 is 0. The minimum Gasteiger partial charge on any atom is -0.376 e. The number of hydrogen-bond acceptors (Lipinski definition) is 3. The Kier molecular flexibility index (Phi) is 4.04. The Labute approximate surface area is 116 Å². The van der Waals surface area contributed by atoms with Crippen molar-refractivity contribution in [2.45, 2.75) is 19.9 Å². The molecule has 1 aromatic carbocycles. The second kappa shape index (κ2) is 5.55. The largest absolute Gasteiger partial charge is 0.376 e. The molecule has 0 aliphatic carbocycles. The Balaban J connectivity index is 2.21. The third-order valence-electron chi connectivity index (χ3n) is 2.63. The molecule has 0 radical (unpaired) electrons. The van der Waals surface area contributed by atoms with Crippen molar-refractivity contribution in [3.05, 3.63) is 52.0 Å². The van der Waals surface area contributed by atoms with Gasteiger partial charge in [0.2, 0.25) is 0 Å². The van der Waals surface area contributed by atoms with E-state index in [9.17, 15) is 0 Å². The van der Waals surface area contributed by atoms with Crippen LogP contribution < -0.4 is 5.32 Å². The number of nitrogens with zero attached hydrogens (tertiary/aromatic N) is 2. The van der Waals surface area contributed by atoms with Crippen LogP contribution in [-0.2, 0) is 0 Å². The van der Waals surface area contributed by atoms with Crippen LogP contribution in [0.3, 0.4) is 0 Å². The maximum atomic E-state index is 6.12. The molecule has 0 saturated heterocycles. The van der Waals surface area contributed by atoms with Crippen LogP contribution >= 0.6 is 23.2 Å². The molecule has 0 aliphatic heterocycles. The standard InChI is InChI=1S/C13H13Cl2N3/c1-8-13(17-6-5-16-8)9(2)18-12-4-3-10(14)7-11(12)15/h3-7,9,18H,1-2H3. The normalized spacial score (nSPS) is 12.2. The van der Waals surface area contributed by atoms with Crippen molar-refractivity contribution in [2.24, 2.45) is 0 Å². The van der Waals surface area contributed by atoms with E-state index in [-0.39, 0.29) is 6.04 Å². The van der Waals surface area contributed by atoms with Gasteiger partial charge in [-0.2, -0.15) is 0 Å². The van der Waals surface area contributed by atoms with Crippen LogP contribution in [-0.4, -0.2) is 9.97 Å². The molecule has 1 N–H and O–H groups in total. The molecule has 1 aromatic heterocycles. The van der Waals surface area contributed by atoms with E-state index in [0.29, 0.717) is 10.0 Å². The molecule has 1 heterocycles. The Morgan fingerprint density at radius 1 is 1.17 bits per heavy atom. The summed E-state index contributed by atoms with van der Waals surface area (Å²) in [7, 11) is 0. The number of anilines is 1. The first-order valence-electron chi connectivity index (χ1n) is 5.57. The van der Waals surface area contributed by atoms with Crippen LogP contribution in [0.1, 0.15) is 24.4 Å². The molecule has 0 fully saturated rings.